The van der Waals surface area contributed by atoms with E-state index in [0.29, 0.717) is 52.9 Å². The van der Waals surface area contributed by atoms with Crippen LogP contribution in [0.3, 0.4) is 0 Å². The highest BCUT2D eigenvalue weighted by molar-refractivity contribution is 9.10. The summed E-state index contributed by atoms with van der Waals surface area (Å²) in [6.07, 6.45) is 4.83. The van der Waals surface area contributed by atoms with Gasteiger partial charge in [0.2, 0.25) is 0 Å². The molecule has 11 heteroatoms. The lowest BCUT2D eigenvalue weighted by Crippen LogP contribution is -2.36. The summed E-state index contributed by atoms with van der Waals surface area (Å²) in [4.78, 5) is 20.1. The minimum absolute atomic E-state index is 0.141. The summed E-state index contributed by atoms with van der Waals surface area (Å²) >= 11 is 3.29. The van der Waals surface area contributed by atoms with Gasteiger partial charge in [0.25, 0.3) is 15.6 Å². The zero-order valence-corrected chi connectivity index (χ0v) is 24.5. The molecule has 0 spiro atoms. The Morgan fingerprint density at radius 3 is 2.49 bits per heavy atom. The molecular formula is C30H26BrFN4O4S. The molecule has 1 saturated heterocycles. The van der Waals surface area contributed by atoms with Gasteiger partial charge in [-0.2, -0.15) is 0 Å². The predicted molar refractivity (Wildman–Crippen MR) is 159 cm³/mol. The summed E-state index contributed by atoms with van der Waals surface area (Å²) in [5.74, 6) is -0.398. The maximum Gasteiger partial charge on any atom is 0.269 e. The molecule has 0 saturated carbocycles. The molecule has 1 aliphatic heterocycles. The van der Waals surface area contributed by atoms with E-state index in [2.05, 4.69) is 25.8 Å². The van der Waals surface area contributed by atoms with Gasteiger partial charge in [0.05, 0.1) is 36.5 Å². The molecule has 0 amide bonds. The van der Waals surface area contributed by atoms with Crippen molar-refractivity contribution in [2.75, 3.05) is 31.2 Å². The van der Waals surface area contributed by atoms with Crippen molar-refractivity contribution in [3.63, 3.8) is 0 Å². The molecule has 1 aliphatic rings. The molecular weight excluding hydrogens is 611 g/mol. The Balaban J connectivity index is 1.47. The molecule has 0 aliphatic carbocycles. The fourth-order valence-corrected chi connectivity index (χ4v) is 6.84. The van der Waals surface area contributed by atoms with E-state index in [0.717, 1.165) is 11.3 Å². The summed E-state index contributed by atoms with van der Waals surface area (Å²) in [7, 11) is -3.98. The first-order chi connectivity index (χ1) is 19.7. The number of hydrogen-bond donors (Lipinski definition) is 0. The second-order valence-corrected chi connectivity index (χ2v) is 12.7. The van der Waals surface area contributed by atoms with Crippen molar-refractivity contribution in [3.8, 4) is 11.1 Å². The zero-order chi connectivity index (χ0) is 28.7. The van der Waals surface area contributed by atoms with Crippen molar-refractivity contribution in [1.82, 2.24) is 13.5 Å². The summed E-state index contributed by atoms with van der Waals surface area (Å²) in [5, 5.41) is 0.607. The minimum Gasteiger partial charge on any atom is -0.378 e. The molecule has 3 aromatic heterocycles. The molecule has 5 aromatic rings. The van der Waals surface area contributed by atoms with Crippen LogP contribution in [0.5, 0.6) is 0 Å². The molecule has 0 unspecified atom stereocenters. The Morgan fingerprint density at radius 1 is 1.02 bits per heavy atom. The standard InChI is InChI=1S/C30H26BrFN4O4S/c1-20-2-4-26(5-3-20)41(38,39)36-19-28(27-16-25(17-33-30(27)36)34-8-10-40-11-9-34)22-6-7-35(29(37)14-22)18-21-12-23(31)15-24(32)13-21/h2-7,12-17,19H,8-11,18H2,1H3. The first-order valence-electron chi connectivity index (χ1n) is 13.0. The van der Waals surface area contributed by atoms with E-state index in [1.165, 1.54) is 32.9 Å². The Bertz CT molecular complexity index is 1910. The Morgan fingerprint density at radius 2 is 1.78 bits per heavy atom. The molecule has 4 heterocycles. The smallest absolute Gasteiger partial charge is 0.269 e. The molecule has 0 N–H and O–H groups in total. The Kier molecular flexibility index (Phi) is 7.27. The first kappa shape index (κ1) is 27.4. The van der Waals surface area contributed by atoms with E-state index in [1.807, 2.05) is 13.0 Å². The monoisotopic (exact) mass is 636 g/mol. The normalized spacial score (nSPS) is 14.1. The van der Waals surface area contributed by atoms with Crippen LogP contribution in [-0.4, -0.2) is 48.2 Å². The third-order valence-electron chi connectivity index (χ3n) is 7.13. The fraction of sp³-hybridized carbons (Fsp3) is 0.200. The summed E-state index contributed by atoms with van der Waals surface area (Å²) in [6.45, 7) is 4.64. The number of nitrogens with zero attached hydrogens (tertiary/aromatic N) is 4. The van der Waals surface area contributed by atoms with Crippen LogP contribution in [0, 0.1) is 12.7 Å². The number of pyridine rings is 2. The highest BCUT2D eigenvalue weighted by atomic mass is 79.9. The van der Waals surface area contributed by atoms with Crippen molar-refractivity contribution in [3.05, 3.63) is 111 Å². The van der Waals surface area contributed by atoms with E-state index in [9.17, 15) is 17.6 Å². The van der Waals surface area contributed by atoms with E-state index < -0.39 is 15.8 Å². The van der Waals surface area contributed by atoms with Crippen molar-refractivity contribution >= 4 is 42.7 Å². The number of rotatable bonds is 6. The van der Waals surface area contributed by atoms with Crippen LogP contribution >= 0.6 is 15.9 Å². The van der Waals surface area contributed by atoms with Gasteiger partial charge in [0, 0.05) is 47.0 Å². The maximum absolute atomic E-state index is 13.9. The predicted octanol–water partition coefficient (Wildman–Crippen LogP) is 5.20. The van der Waals surface area contributed by atoms with E-state index in [1.54, 1.807) is 48.8 Å². The lowest BCUT2D eigenvalue weighted by molar-refractivity contribution is 0.122. The van der Waals surface area contributed by atoms with E-state index in [-0.39, 0.29) is 22.6 Å². The molecule has 41 heavy (non-hydrogen) atoms. The topological polar surface area (TPSA) is 86.4 Å². The van der Waals surface area contributed by atoms with Crippen LogP contribution in [0.15, 0.2) is 93.4 Å². The molecule has 8 nitrogen and oxygen atoms in total. The van der Waals surface area contributed by atoms with Gasteiger partial charge in [0.15, 0.2) is 5.65 Å². The Hall–Kier alpha value is -3.80. The van der Waals surface area contributed by atoms with Crippen LogP contribution in [0.25, 0.3) is 22.2 Å². The number of halogens is 2. The largest absolute Gasteiger partial charge is 0.378 e. The third kappa shape index (κ3) is 5.44. The van der Waals surface area contributed by atoms with Gasteiger partial charge < -0.3 is 14.2 Å². The molecule has 6 rings (SSSR count). The SMILES string of the molecule is Cc1ccc(S(=O)(=O)n2cc(-c3ccn(Cc4cc(F)cc(Br)c4)c(=O)c3)c3cc(N4CCOCC4)cnc32)cc1. The average Bonchev–Trinajstić information content (AvgIpc) is 3.34. The molecule has 210 valence electrons. The Labute approximate surface area is 244 Å². The van der Waals surface area contributed by atoms with Crippen LogP contribution in [0.4, 0.5) is 10.1 Å². The maximum atomic E-state index is 13.9. The average molecular weight is 638 g/mol. The molecule has 2 aromatic carbocycles. The van der Waals surface area contributed by atoms with Gasteiger partial charge in [-0.25, -0.2) is 21.8 Å². The summed E-state index contributed by atoms with van der Waals surface area (Å²) in [6, 6.07) is 16.3. The zero-order valence-electron chi connectivity index (χ0n) is 22.1. The van der Waals surface area contributed by atoms with Gasteiger partial charge >= 0.3 is 0 Å². The number of hydrogen-bond acceptors (Lipinski definition) is 6. The van der Waals surface area contributed by atoms with Crippen LogP contribution < -0.4 is 10.5 Å². The molecule has 1 fully saturated rings. The van der Waals surface area contributed by atoms with Gasteiger partial charge in [-0.3, -0.25) is 4.79 Å². The number of ether oxygens (including phenoxy) is 1. The quantitative estimate of drug-likeness (QED) is 0.255. The van der Waals surface area contributed by atoms with Crippen molar-refractivity contribution in [2.24, 2.45) is 0 Å². The number of aryl methyl sites for hydroxylation is 1. The minimum atomic E-state index is -3.98. The third-order valence-corrected chi connectivity index (χ3v) is 9.26. The van der Waals surface area contributed by atoms with Gasteiger partial charge in [-0.05, 0) is 60.5 Å². The summed E-state index contributed by atoms with van der Waals surface area (Å²) in [5.41, 5.74) is 3.51. The molecule has 0 atom stereocenters. The number of anilines is 1. The number of benzene rings is 2. The van der Waals surface area contributed by atoms with Crippen molar-refractivity contribution in [1.29, 1.82) is 0 Å². The lowest BCUT2D eigenvalue weighted by Gasteiger charge is -2.28. The van der Waals surface area contributed by atoms with Gasteiger partial charge in [-0.1, -0.05) is 33.6 Å². The van der Waals surface area contributed by atoms with Crippen LogP contribution in [-0.2, 0) is 21.3 Å². The lowest BCUT2D eigenvalue weighted by atomic mass is 10.1. The second kappa shape index (κ2) is 10.9. The van der Waals surface area contributed by atoms with Crippen LogP contribution in [0.2, 0.25) is 0 Å². The van der Waals surface area contributed by atoms with Crippen molar-refractivity contribution in [2.45, 2.75) is 18.4 Å². The van der Waals surface area contributed by atoms with Gasteiger partial charge in [-0.15, -0.1) is 0 Å². The van der Waals surface area contributed by atoms with E-state index in [4.69, 9.17) is 4.74 Å². The highest BCUT2D eigenvalue weighted by Crippen LogP contribution is 2.34. The second-order valence-electron chi connectivity index (χ2n) is 9.98. The van der Waals surface area contributed by atoms with Crippen LogP contribution in [0.1, 0.15) is 11.1 Å². The van der Waals surface area contributed by atoms with E-state index >= 15 is 0 Å². The number of fused-ring (bicyclic) bond motifs is 1. The van der Waals surface area contributed by atoms with Crippen molar-refractivity contribution < 1.29 is 17.5 Å². The van der Waals surface area contributed by atoms with Gasteiger partial charge in [0.1, 0.15) is 5.82 Å². The highest BCUT2D eigenvalue weighted by Gasteiger charge is 2.24. The fourth-order valence-electron chi connectivity index (χ4n) is 5.00. The number of aromatic nitrogens is 3. The number of morpholine rings is 1. The first-order valence-corrected chi connectivity index (χ1v) is 15.2. The molecule has 0 radical (unpaired) electrons. The summed E-state index contributed by atoms with van der Waals surface area (Å²) < 4.78 is 50.1. The molecule has 0 bridgehead atoms.